The van der Waals surface area contributed by atoms with Crippen LogP contribution < -0.4 is 11.1 Å². The number of anilines is 2. The second-order valence-electron chi connectivity index (χ2n) is 4.48. The largest absolute Gasteiger partial charge is 0.399 e. The van der Waals surface area contributed by atoms with Crippen molar-refractivity contribution < 1.29 is 0 Å². The number of hydrogen-bond donors (Lipinski definition) is 2. The molecule has 0 amide bonds. The Kier molecular flexibility index (Phi) is 4.83. The molecule has 0 heterocycles. The van der Waals surface area contributed by atoms with Crippen molar-refractivity contribution in [3.63, 3.8) is 0 Å². The van der Waals surface area contributed by atoms with Gasteiger partial charge in [-0.3, -0.25) is 0 Å². The zero-order valence-electron chi connectivity index (χ0n) is 10.8. The van der Waals surface area contributed by atoms with Crippen LogP contribution in [-0.4, -0.2) is 0 Å². The molecule has 0 spiro atoms. The summed E-state index contributed by atoms with van der Waals surface area (Å²) in [6, 6.07) is 5.83. The van der Waals surface area contributed by atoms with E-state index in [2.05, 4.69) is 25.4 Å². The SMILES string of the molecule is C=C(CCC)CC(=C)Nc1ccc(N)cc1C. The van der Waals surface area contributed by atoms with Gasteiger partial charge < -0.3 is 11.1 Å². The molecular formula is C15H22N2. The highest BCUT2D eigenvalue weighted by Crippen LogP contribution is 2.21. The second kappa shape index (κ2) is 6.14. The molecule has 92 valence electrons. The molecule has 0 aliphatic carbocycles. The number of aryl methyl sites for hydroxylation is 1. The predicted octanol–water partition coefficient (Wildman–Crippen LogP) is 4.25. The van der Waals surface area contributed by atoms with Crippen LogP contribution in [-0.2, 0) is 0 Å². The lowest BCUT2D eigenvalue weighted by molar-refractivity contribution is 0.873. The third-order valence-electron chi connectivity index (χ3n) is 2.63. The average molecular weight is 230 g/mol. The smallest absolute Gasteiger partial charge is 0.0412 e. The minimum absolute atomic E-state index is 0.786. The van der Waals surface area contributed by atoms with Crippen molar-refractivity contribution in [2.75, 3.05) is 11.1 Å². The Balaban J connectivity index is 2.59. The van der Waals surface area contributed by atoms with Gasteiger partial charge in [0.1, 0.15) is 0 Å². The van der Waals surface area contributed by atoms with E-state index >= 15 is 0 Å². The first-order chi connectivity index (χ1) is 8.02. The van der Waals surface area contributed by atoms with Gasteiger partial charge in [-0.05, 0) is 37.1 Å². The van der Waals surface area contributed by atoms with Crippen molar-refractivity contribution in [2.45, 2.75) is 33.1 Å². The Bertz CT molecular complexity index is 419. The van der Waals surface area contributed by atoms with Crippen LogP contribution in [0.5, 0.6) is 0 Å². The van der Waals surface area contributed by atoms with Crippen LogP contribution in [0.15, 0.2) is 42.6 Å². The van der Waals surface area contributed by atoms with Crippen LogP contribution in [0.25, 0.3) is 0 Å². The van der Waals surface area contributed by atoms with E-state index in [4.69, 9.17) is 5.73 Å². The van der Waals surface area contributed by atoms with Gasteiger partial charge in [-0.2, -0.15) is 0 Å². The maximum absolute atomic E-state index is 5.71. The van der Waals surface area contributed by atoms with E-state index in [0.29, 0.717) is 0 Å². The van der Waals surface area contributed by atoms with E-state index < -0.39 is 0 Å². The molecule has 1 aromatic rings. The van der Waals surface area contributed by atoms with Gasteiger partial charge in [-0.15, -0.1) is 0 Å². The maximum Gasteiger partial charge on any atom is 0.0412 e. The van der Waals surface area contributed by atoms with Gasteiger partial charge in [-0.25, -0.2) is 0 Å². The topological polar surface area (TPSA) is 38.0 Å². The van der Waals surface area contributed by atoms with Crippen molar-refractivity contribution in [3.8, 4) is 0 Å². The maximum atomic E-state index is 5.71. The molecule has 1 aromatic carbocycles. The highest BCUT2D eigenvalue weighted by Gasteiger charge is 2.02. The monoisotopic (exact) mass is 230 g/mol. The highest BCUT2D eigenvalue weighted by atomic mass is 14.9. The Labute approximate surface area is 104 Å². The zero-order chi connectivity index (χ0) is 12.8. The minimum atomic E-state index is 0.786. The Morgan fingerprint density at radius 2 is 2.06 bits per heavy atom. The number of benzene rings is 1. The molecule has 0 atom stereocenters. The van der Waals surface area contributed by atoms with Gasteiger partial charge in [0.25, 0.3) is 0 Å². The fourth-order valence-corrected chi connectivity index (χ4v) is 1.81. The van der Waals surface area contributed by atoms with E-state index in [0.717, 1.165) is 41.9 Å². The molecule has 0 fully saturated rings. The summed E-state index contributed by atoms with van der Waals surface area (Å²) >= 11 is 0. The Hall–Kier alpha value is -1.70. The van der Waals surface area contributed by atoms with Gasteiger partial charge in [0.05, 0.1) is 0 Å². The molecule has 0 aliphatic heterocycles. The highest BCUT2D eigenvalue weighted by molar-refractivity contribution is 5.59. The fraction of sp³-hybridized carbons (Fsp3) is 0.333. The molecule has 1 rings (SSSR count). The van der Waals surface area contributed by atoms with Crippen LogP contribution in [0.3, 0.4) is 0 Å². The number of allylic oxidation sites excluding steroid dienone is 1. The van der Waals surface area contributed by atoms with Crippen molar-refractivity contribution in [1.82, 2.24) is 0 Å². The average Bonchev–Trinajstić information content (AvgIpc) is 2.22. The Morgan fingerprint density at radius 1 is 1.35 bits per heavy atom. The first-order valence-electron chi connectivity index (χ1n) is 6.00. The summed E-state index contributed by atoms with van der Waals surface area (Å²) in [4.78, 5) is 0. The molecule has 0 bridgehead atoms. The van der Waals surface area contributed by atoms with Crippen LogP contribution in [0.2, 0.25) is 0 Å². The molecule has 2 nitrogen and oxygen atoms in total. The van der Waals surface area contributed by atoms with E-state index in [1.807, 2.05) is 25.1 Å². The van der Waals surface area contributed by atoms with E-state index in [-0.39, 0.29) is 0 Å². The second-order valence-corrected chi connectivity index (χ2v) is 4.48. The predicted molar refractivity (Wildman–Crippen MR) is 77.0 cm³/mol. The van der Waals surface area contributed by atoms with Crippen molar-refractivity contribution >= 4 is 11.4 Å². The molecular weight excluding hydrogens is 208 g/mol. The number of nitrogens with two attached hydrogens (primary N) is 1. The van der Waals surface area contributed by atoms with Crippen LogP contribution in [0, 0.1) is 6.92 Å². The number of hydrogen-bond acceptors (Lipinski definition) is 2. The van der Waals surface area contributed by atoms with Gasteiger partial charge in [-0.1, -0.05) is 32.1 Å². The molecule has 0 radical (unpaired) electrons. The van der Waals surface area contributed by atoms with Gasteiger partial charge in [0.15, 0.2) is 0 Å². The lowest BCUT2D eigenvalue weighted by Crippen LogP contribution is -2.01. The summed E-state index contributed by atoms with van der Waals surface area (Å²) < 4.78 is 0. The van der Waals surface area contributed by atoms with Crippen molar-refractivity contribution in [3.05, 3.63) is 48.2 Å². The van der Waals surface area contributed by atoms with E-state index in [1.165, 1.54) is 5.57 Å². The van der Waals surface area contributed by atoms with Gasteiger partial charge >= 0.3 is 0 Å². The quantitative estimate of drug-likeness (QED) is 0.566. The summed E-state index contributed by atoms with van der Waals surface area (Å²) in [7, 11) is 0. The molecule has 2 heteroatoms. The molecule has 0 saturated heterocycles. The third kappa shape index (κ3) is 4.35. The molecule has 3 N–H and O–H groups in total. The summed E-state index contributed by atoms with van der Waals surface area (Å²) in [6.45, 7) is 12.3. The number of rotatable bonds is 6. The van der Waals surface area contributed by atoms with Crippen LogP contribution in [0.1, 0.15) is 31.7 Å². The van der Waals surface area contributed by atoms with Crippen LogP contribution >= 0.6 is 0 Å². The normalized spacial score (nSPS) is 10.0. The van der Waals surface area contributed by atoms with E-state index in [9.17, 15) is 0 Å². The fourth-order valence-electron chi connectivity index (χ4n) is 1.81. The summed E-state index contributed by atoms with van der Waals surface area (Å²) in [6.07, 6.45) is 3.02. The molecule has 0 aliphatic rings. The zero-order valence-corrected chi connectivity index (χ0v) is 10.8. The van der Waals surface area contributed by atoms with Crippen LogP contribution in [0.4, 0.5) is 11.4 Å². The number of nitrogen functional groups attached to an aromatic ring is 1. The lowest BCUT2D eigenvalue weighted by atomic mass is 10.1. The minimum Gasteiger partial charge on any atom is -0.399 e. The van der Waals surface area contributed by atoms with E-state index in [1.54, 1.807) is 0 Å². The van der Waals surface area contributed by atoms with Gasteiger partial charge in [0, 0.05) is 23.5 Å². The van der Waals surface area contributed by atoms with Crippen molar-refractivity contribution in [1.29, 1.82) is 0 Å². The first kappa shape index (κ1) is 13.4. The summed E-state index contributed by atoms with van der Waals surface area (Å²) in [5.74, 6) is 0. The molecule has 0 saturated carbocycles. The number of nitrogens with one attached hydrogen (secondary N) is 1. The summed E-state index contributed by atoms with van der Waals surface area (Å²) in [5.41, 5.74) is 10.9. The summed E-state index contributed by atoms with van der Waals surface area (Å²) in [5, 5.41) is 3.32. The Morgan fingerprint density at radius 3 is 2.65 bits per heavy atom. The lowest BCUT2D eigenvalue weighted by Gasteiger charge is -2.13. The molecule has 0 aromatic heterocycles. The van der Waals surface area contributed by atoms with Crippen molar-refractivity contribution in [2.24, 2.45) is 0 Å². The standard InChI is InChI=1S/C15H22N2/c1-5-6-11(2)9-13(4)17-15-8-7-14(16)10-12(15)3/h7-8,10,17H,2,4-6,9,16H2,1,3H3. The third-order valence-corrected chi connectivity index (χ3v) is 2.63. The van der Waals surface area contributed by atoms with Gasteiger partial charge in [0.2, 0.25) is 0 Å². The first-order valence-corrected chi connectivity index (χ1v) is 6.00. The molecule has 17 heavy (non-hydrogen) atoms. The molecule has 0 unspecified atom stereocenters.